The first-order valence-electron chi connectivity index (χ1n) is 9.97. The highest BCUT2D eigenvalue weighted by Gasteiger charge is 2.51. The molecule has 6 heteroatoms. The van der Waals surface area contributed by atoms with Crippen molar-refractivity contribution in [3.8, 4) is 11.1 Å². The minimum Gasteiger partial charge on any atom is -0.428 e. The third-order valence-electron chi connectivity index (χ3n) is 5.05. The van der Waals surface area contributed by atoms with Crippen LogP contribution in [0, 0.1) is 5.41 Å². The number of benzene rings is 2. The fourth-order valence-electron chi connectivity index (χ4n) is 3.49. The first kappa shape index (κ1) is 21.6. The Bertz CT molecular complexity index is 930. The summed E-state index contributed by atoms with van der Waals surface area (Å²) >= 11 is 0. The summed E-state index contributed by atoms with van der Waals surface area (Å²) in [6.07, 6.45) is -0.272. The van der Waals surface area contributed by atoms with Gasteiger partial charge in [-0.3, -0.25) is 9.59 Å². The molecule has 158 valence electrons. The van der Waals surface area contributed by atoms with Crippen LogP contribution >= 0.6 is 0 Å². The van der Waals surface area contributed by atoms with E-state index in [1.165, 1.54) is 6.92 Å². The molecular weight excluding hydrogens is 382 g/mol. The van der Waals surface area contributed by atoms with Crippen LogP contribution in [0.3, 0.4) is 0 Å². The second-order valence-electron chi connectivity index (χ2n) is 8.83. The van der Waals surface area contributed by atoms with Gasteiger partial charge in [0.1, 0.15) is 11.0 Å². The van der Waals surface area contributed by atoms with Gasteiger partial charge < -0.3 is 14.8 Å². The molecule has 1 N–H and O–H groups in total. The van der Waals surface area contributed by atoms with E-state index < -0.39 is 29.0 Å². The molecule has 2 atom stereocenters. The number of ether oxygens (including phenoxy) is 2. The second-order valence-corrected chi connectivity index (χ2v) is 8.83. The van der Waals surface area contributed by atoms with Crippen molar-refractivity contribution in [3.63, 3.8) is 0 Å². The summed E-state index contributed by atoms with van der Waals surface area (Å²) in [7, 11) is 0. The molecule has 0 aromatic heterocycles. The van der Waals surface area contributed by atoms with Gasteiger partial charge in [-0.25, -0.2) is 4.79 Å². The quantitative estimate of drug-likeness (QED) is 0.602. The minimum atomic E-state index is -1.43. The van der Waals surface area contributed by atoms with E-state index in [-0.39, 0.29) is 12.5 Å². The Labute approximate surface area is 176 Å². The average Bonchev–Trinajstić information content (AvgIpc) is 2.96. The van der Waals surface area contributed by atoms with Crippen LogP contribution in [0.15, 0.2) is 54.6 Å². The Balaban J connectivity index is 1.62. The molecule has 30 heavy (non-hydrogen) atoms. The van der Waals surface area contributed by atoms with Gasteiger partial charge in [-0.2, -0.15) is 0 Å². The zero-order chi connectivity index (χ0) is 21.9. The number of hydrogen-bond acceptors (Lipinski definition) is 5. The molecule has 1 saturated heterocycles. The van der Waals surface area contributed by atoms with Crippen molar-refractivity contribution in [1.82, 2.24) is 5.32 Å². The topological polar surface area (TPSA) is 81.7 Å². The molecule has 1 amide bonds. The number of rotatable bonds is 4. The summed E-state index contributed by atoms with van der Waals surface area (Å²) in [6.45, 7) is 6.50. The van der Waals surface area contributed by atoms with Gasteiger partial charge >= 0.3 is 12.1 Å². The van der Waals surface area contributed by atoms with E-state index in [0.717, 1.165) is 16.7 Å². The highest BCUT2D eigenvalue weighted by molar-refractivity contribution is 6.06. The number of carbonyl (C=O) groups is 3. The van der Waals surface area contributed by atoms with Gasteiger partial charge in [-0.05, 0) is 57.2 Å². The van der Waals surface area contributed by atoms with Crippen LogP contribution in [0.2, 0.25) is 0 Å². The van der Waals surface area contributed by atoms with E-state index in [2.05, 4.69) is 5.32 Å². The van der Waals surface area contributed by atoms with Crippen LogP contribution in [-0.2, 0) is 25.5 Å². The standard InChI is InChI=1S/C24H27NO5/c1-23(2,3)30-22(28)29-21(27)24(4)15-19(25-20(24)26)14-16-10-12-18(13-11-16)17-8-6-5-7-9-17/h5-13,19H,14-15H2,1-4H3,(H,25,26)/t19-,24-/m1/s1. The fourth-order valence-corrected chi connectivity index (χ4v) is 3.49. The summed E-state index contributed by atoms with van der Waals surface area (Å²) in [5.41, 5.74) is 1.08. The molecule has 3 rings (SSSR count). The van der Waals surface area contributed by atoms with Crippen molar-refractivity contribution in [2.45, 2.75) is 52.2 Å². The van der Waals surface area contributed by atoms with Crippen LogP contribution in [0.4, 0.5) is 4.79 Å². The van der Waals surface area contributed by atoms with Crippen molar-refractivity contribution >= 4 is 18.0 Å². The predicted octanol–water partition coefficient (Wildman–Crippen LogP) is 4.27. The number of carbonyl (C=O) groups excluding carboxylic acids is 3. The van der Waals surface area contributed by atoms with Gasteiger partial charge in [0.05, 0.1) is 0 Å². The molecule has 1 fully saturated rings. The molecule has 2 aromatic carbocycles. The summed E-state index contributed by atoms with van der Waals surface area (Å²) in [6, 6.07) is 18.0. The zero-order valence-corrected chi connectivity index (χ0v) is 17.7. The van der Waals surface area contributed by atoms with E-state index in [1.807, 2.05) is 54.6 Å². The summed E-state index contributed by atoms with van der Waals surface area (Å²) in [5.74, 6) is -1.34. The molecule has 0 bridgehead atoms. The lowest BCUT2D eigenvalue weighted by molar-refractivity contribution is -0.155. The average molecular weight is 409 g/mol. The van der Waals surface area contributed by atoms with E-state index in [0.29, 0.717) is 6.42 Å². The van der Waals surface area contributed by atoms with Gasteiger partial charge in [0.15, 0.2) is 0 Å². The largest absolute Gasteiger partial charge is 0.516 e. The van der Waals surface area contributed by atoms with Crippen LogP contribution < -0.4 is 5.32 Å². The molecular formula is C24H27NO5. The molecule has 1 aliphatic heterocycles. The maximum absolute atomic E-state index is 12.5. The number of nitrogens with one attached hydrogen (secondary N) is 1. The van der Waals surface area contributed by atoms with E-state index >= 15 is 0 Å². The maximum atomic E-state index is 12.5. The highest BCUT2D eigenvalue weighted by atomic mass is 16.7. The number of esters is 1. The Kier molecular flexibility index (Phi) is 5.97. The molecule has 2 aromatic rings. The minimum absolute atomic E-state index is 0.226. The Morgan fingerprint density at radius 1 is 1.03 bits per heavy atom. The first-order chi connectivity index (χ1) is 14.1. The lowest BCUT2D eigenvalue weighted by atomic mass is 9.86. The normalized spacial score (nSPS) is 21.1. The van der Waals surface area contributed by atoms with Gasteiger partial charge in [0.2, 0.25) is 5.91 Å². The van der Waals surface area contributed by atoms with Gasteiger partial charge in [0.25, 0.3) is 0 Å². The molecule has 0 aliphatic carbocycles. The van der Waals surface area contributed by atoms with E-state index in [4.69, 9.17) is 9.47 Å². The van der Waals surface area contributed by atoms with Crippen LogP contribution in [0.1, 0.15) is 39.7 Å². The van der Waals surface area contributed by atoms with Gasteiger partial charge in [-0.1, -0.05) is 54.6 Å². The van der Waals surface area contributed by atoms with Crippen molar-refractivity contribution in [3.05, 3.63) is 60.2 Å². The number of amides is 1. The van der Waals surface area contributed by atoms with E-state index in [9.17, 15) is 14.4 Å². The molecule has 1 heterocycles. The first-order valence-corrected chi connectivity index (χ1v) is 9.97. The Morgan fingerprint density at radius 3 is 2.23 bits per heavy atom. The van der Waals surface area contributed by atoms with Crippen LogP contribution in [0.5, 0.6) is 0 Å². The van der Waals surface area contributed by atoms with Gasteiger partial charge in [0, 0.05) is 6.04 Å². The SMILES string of the molecule is CC(C)(C)OC(=O)OC(=O)[C@]1(C)C[C@@H](Cc2ccc(-c3ccccc3)cc2)NC1=O. The van der Waals surface area contributed by atoms with Crippen LogP contribution in [-0.4, -0.2) is 29.7 Å². The third kappa shape index (κ3) is 5.06. The molecule has 0 spiro atoms. The summed E-state index contributed by atoms with van der Waals surface area (Å²) < 4.78 is 9.79. The molecule has 0 saturated carbocycles. The van der Waals surface area contributed by atoms with Gasteiger partial charge in [-0.15, -0.1) is 0 Å². The van der Waals surface area contributed by atoms with Crippen molar-refractivity contribution < 1.29 is 23.9 Å². The summed E-state index contributed by atoms with van der Waals surface area (Å²) in [4.78, 5) is 36.8. The van der Waals surface area contributed by atoms with E-state index in [1.54, 1.807) is 20.8 Å². The predicted molar refractivity (Wildman–Crippen MR) is 113 cm³/mol. The zero-order valence-electron chi connectivity index (χ0n) is 17.7. The maximum Gasteiger partial charge on any atom is 0.516 e. The smallest absolute Gasteiger partial charge is 0.428 e. The summed E-state index contributed by atoms with van der Waals surface area (Å²) in [5, 5.41) is 2.85. The molecule has 1 aliphatic rings. The monoisotopic (exact) mass is 409 g/mol. The Morgan fingerprint density at radius 2 is 1.63 bits per heavy atom. The fraction of sp³-hybridized carbons (Fsp3) is 0.375. The van der Waals surface area contributed by atoms with Crippen LogP contribution in [0.25, 0.3) is 11.1 Å². The van der Waals surface area contributed by atoms with Crippen molar-refractivity contribution in [2.24, 2.45) is 5.41 Å². The molecule has 0 unspecified atom stereocenters. The molecule has 0 radical (unpaired) electrons. The number of hydrogen-bond donors (Lipinski definition) is 1. The Hall–Kier alpha value is -3.15. The highest BCUT2D eigenvalue weighted by Crippen LogP contribution is 2.33. The van der Waals surface area contributed by atoms with Crippen molar-refractivity contribution in [1.29, 1.82) is 0 Å². The third-order valence-corrected chi connectivity index (χ3v) is 5.05. The van der Waals surface area contributed by atoms with Crippen molar-refractivity contribution in [2.75, 3.05) is 0 Å². The lowest BCUT2D eigenvalue weighted by Crippen LogP contribution is -2.39. The lowest BCUT2D eigenvalue weighted by Gasteiger charge is -2.21. The second kappa shape index (κ2) is 8.30. The molecule has 6 nitrogen and oxygen atoms in total.